The van der Waals surface area contributed by atoms with E-state index in [1.807, 2.05) is 0 Å². The maximum atomic E-state index is 12.3. The maximum absolute atomic E-state index is 12.3. The molecule has 0 aliphatic carbocycles. The minimum atomic E-state index is -0.322. The van der Waals surface area contributed by atoms with Crippen molar-refractivity contribution in [3.05, 3.63) is 27.2 Å². The van der Waals surface area contributed by atoms with Crippen LogP contribution in [0.4, 0.5) is 0 Å². The Morgan fingerprint density at radius 1 is 1.04 bits per heavy atom. The summed E-state index contributed by atoms with van der Waals surface area (Å²) in [6.07, 6.45) is 1.37. The van der Waals surface area contributed by atoms with E-state index in [4.69, 9.17) is 44.3 Å². The first-order valence-electron chi connectivity index (χ1n) is 8.41. The Hall–Kier alpha value is -1.21. The molecular formula is C17H19Cl3N2O4. The third kappa shape index (κ3) is 4.55. The standard InChI is InChI=1S/C17H19Cl3N2O4/c18-11-8-13(20)15(9-12(11)19)26-10-16(23)21-3-5-22(6-4-21)17(24)14-2-1-7-25-14/h8-9,14H,1-7,10H2/t14-/m0/s1. The average Bonchev–Trinajstić information content (AvgIpc) is 3.17. The van der Waals surface area contributed by atoms with Gasteiger partial charge in [0.25, 0.3) is 11.8 Å². The summed E-state index contributed by atoms with van der Waals surface area (Å²) in [7, 11) is 0. The highest BCUT2D eigenvalue weighted by Crippen LogP contribution is 2.33. The number of nitrogens with zero attached hydrogens (tertiary/aromatic N) is 2. The molecule has 9 heteroatoms. The minimum Gasteiger partial charge on any atom is -0.482 e. The lowest BCUT2D eigenvalue weighted by Crippen LogP contribution is -2.53. The molecule has 26 heavy (non-hydrogen) atoms. The van der Waals surface area contributed by atoms with Gasteiger partial charge in [0.15, 0.2) is 6.61 Å². The molecule has 1 atom stereocenters. The summed E-state index contributed by atoms with van der Waals surface area (Å²) in [5.74, 6) is 0.159. The molecule has 0 bridgehead atoms. The lowest BCUT2D eigenvalue weighted by Gasteiger charge is -2.35. The molecule has 1 aromatic carbocycles. The highest BCUT2D eigenvalue weighted by molar-refractivity contribution is 6.43. The number of carbonyl (C=O) groups excluding carboxylic acids is 2. The van der Waals surface area contributed by atoms with Gasteiger partial charge in [-0.25, -0.2) is 0 Å². The highest BCUT2D eigenvalue weighted by Gasteiger charge is 2.31. The largest absolute Gasteiger partial charge is 0.482 e. The number of rotatable bonds is 4. The summed E-state index contributed by atoms with van der Waals surface area (Å²) in [5.41, 5.74) is 0. The Bertz CT molecular complexity index is 687. The van der Waals surface area contributed by atoms with Gasteiger partial charge in [-0.05, 0) is 18.9 Å². The second kappa shape index (κ2) is 8.65. The van der Waals surface area contributed by atoms with Crippen LogP contribution in [0.25, 0.3) is 0 Å². The first kappa shape index (κ1) is 19.5. The van der Waals surface area contributed by atoms with Crippen LogP contribution in [0.1, 0.15) is 12.8 Å². The van der Waals surface area contributed by atoms with Crippen LogP contribution in [-0.2, 0) is 14.3 Å². The van der Waals surface area contributed by atoms with Gasteiger partial charge < -0.3 is 19.3 Å². The van der Waals surface area contributed by atoms with Crippen molar-refractivity contribution in [2.75, 3.05) is 39.4 Å². The van der Waals surface area contributed by atoms with Crippen molar-refractivity contribution in [1.29, 1.82) is 0 Å². The van der Waals surface area contributed by atoms with Gasteiger partial charge in [-0.2, -0.15) is 0 Å². The number of piperazine rings is 1. The molecule has 2 amide bonds. The number of hydrogen-bond donors (Lipinski definition) is 0. The smallest absolute Gasteiger partial charge is 0.260 e. The summed E-state index contributed by atoms with van der Waals surface area (Å²) in [6.45, 7) is 2.42. The Morgan fingerprint density at radius 3 is 2.35 bits per heavy atom. The van der Waals surface area contributed by atoms with Crippen LogP contribution >= 0.6 is 34.8 Å². The summed E-state index contributed by atoms with van der Waals surface area (Å²) < 4.78 is 10.9. The van der Waals surface area contributed by atoms with Crippen LogP contribution in [0.2, 0.25) is 15.1 Å². The zero-order chi connectivity index (χ0) is 18.7. The van der Waals surface area contributed by atoms with Crippen LogP contribution in [0.15, 0.2) is 12.1 Å². The number of benzene rings is 1. The number of amides is 2. The summed E-state index contributed by atoms with van der Waals surface area (Å²) in [4.78, 5) is 28.1. The van der Waals surface area contributed by atoms with Gasteiger partial charge >= 0.3 is 0 Å². The molecule has 0 unspecified atom stereocenters. The van der Waals surface area contributed by atoms with E-state index in [1.54, 1.807) is 9.80 Å². The fourth-order valence-corrected chi connectivity index (χ4v) is 3.59. The van der Waals surface area contributed by atoms with Gasteiger partial charge in [-0.3, -0.25) is 9.59 Å². The normalized spacial score (nSPS) is 20.3. The number of hydrogen-bond acceptors (Lipinski definition) is 4. The molecule has 0 N–H and O–H groups in total. The molecule has 2 aliphatic rings. The molecule has 2 heterocycles. The van der Waals surface area contributed by atoms with Crippen LogP contribution in [0, 0.1) is 0 Å². The van der Waals surface area contributed by atoms with Crippen molar-refractivity contribution in [3.63, 3.8) is 0 Å². The van der Waals surface area contributed by atoms with Crippen molar-refractivity contribution >= 4 is 46.6 Å². The molecule has 0 saturated carbocycles. The third-order valence-corrected chi connectivity index (χ3v) is 5.49. The lowest BCUT2D eigenvalue weighted by molar-refractivity contribution is -0.146. The highest BCUT2D eigenvalue weighted by atomic mass is 35.5. The molecular weight excluding hydrogens is 403 g/mol. The zero-order valence-electron chi connectivity index (χ0n) is 14.1. The third-order valence-electron chi connectivity index (χ3n) is 4.48. The van der Waals surface area contributed by atoms with E-state index < -0.39 is 0 Å². The molecule has 142 valence electrons. The van der Waals surface area contributed by atoms with Crippen LogP contribution in [0.3, 0.4) is 0 Å². The van der Waals surface area contributed by atoms with Gasteiger partial charge in [0.05, 0.1) is 15.1 Å². The van der Waals surface area contributed by atoms with Gasteiger partial charge in [-0.15, -0.1) is 0 Å². The van der Waals surface area contributed by atoms with E-state index in [2.05, 4.69) is 0 Å². The molecule has 3 rings (SSSR count). The Kier molecular flexibility index (Phi) is 6.51. The van der Waals surface area contributed by atoms with Gasteiger partial charge in [0, 0.05) is 38.9 Å². The van der Waals surface area contributed by atoms with E-state index >= 15 is 0 Å². The molecule has 2 aliphatic heterocycles. The second-order valence-electron chi connectivity index (χ2n) is 6.19. The van der Waals surface area contributed by atoms with Crippen molar-refractivity contribution in [3.8, 4) is 5.75 Å². The van der Waals surface area contributed by atoms with Crippen LogP contribution in [-0.4, -0.2) is 67.1 Å². The monoisotopic (exact) mass is 420 g/mol. The summed E-state index contributed by atoms with van der Waals surface area (Å²) in [6, 6.07) is 2.96. The molecule has 6 nitrogen and oxygen atoms in total. The quantitative estimate of drug-likeness (QED) is 0.702. The maximum Gasteiger partial charge on any atom is 0.260 e. The Balaban J connectivity index is 1.48. The van der Waals surface area contributed by atoms with Crippen molar-refractivity contribution < 1.29 is 19.1 Å². The molecule has 2 fully saturated rings. The molecule has 0 radical (unpaired) electrons. The second-order valence-corrected chi connectivity index (χ2v) is 7.41. The number of ether oxygens (including phenoxy) is 2. The molecule has 0 spiro atoms. The Morgan fingerprint density at radius 2 is 1.69 bits per heavy atom. The van der Waals surface area contributed by atoms with Gasteiger partial charge in [0.1, 0.15) is 11.9 Å². The van der Waals surface area contributed by atoms with E-state index in [9.17, 15) is 9.59 Å². The van der Waals surface area contributed by atoms with Crippen molar-refractivity contribution in [2.24, 2.45) is 0 Å². The average molecular weight is 422 g/mol. The predicted octanol–water partition coefficient (Wildman–Crippen LogP) is 2.88. The van der Waals surface area contributed by atoms with E-state index in [0.717, 1.165) is 12.8 Å². The number of halogens is 3. The topological polar surface area (TPSA) is 59.1 Å². The van der Waals surface area contributed by atoms with Gasteiger partial charge in [0.2, 0.25) is 0 Å². The predicted molar refractivity (Wildman–Crippen MR) is 99.1 cm³/mol. The fourth-order valence-electron chi connectivity index (χ4n) is 3.00. The minimum absolute atomic E-state index is 0.0217. The van der Waals surface area contributed by atoms with Crippen LogP contribution in [0.5, 0.6) is 5.75 Å². The van der Waals surface area contributed by atoms with E-state index in [1.165, 1.54) is 12.1 Å². The van der Waals surface area contributed by atoms with E-state index in [0.29, 0.717) is 53.6 Å². The molecule has 1 aromatic rings. The van der Waals surface area contributed by atoms with Crippen molar-refractivity contribution in [1.82, 2.24) is 9.80 Å². The van der Waals surface area contributed by atoms with Crippen LogP contribution < -0.4 is 4.74 Å². The zero-order valence-corrected chi connectivity index (χ0v) is 16.3. The first-order chi connectivity index (χ1) is 12.5. The molecule has 2 saturated heterocycles. The first-order valence-corrected chi connectivity index (χ1v) is 9.54. The van der Waals surface area contributed by atoms with E-state index in [-0.39, 0.29) is 24.5 Å². The summed E-state index contributed by atoms with van der Waals surface area (Å²) in [5, 5.41) is 0.918. The lowest BCUT2D eigenvalue weighted by atomic mass is 10.2. The SMILES string of the molecule is O=C(COc1cc(Cl)c(Cl)cc1Cl)N1CCN(C(=O)[C@@H]2CCCO2)CC1. The fraction of sp³-hybridized carbons (Fsp3) is 0.529. The van der Waals surface area contributed by atoms with Crippen molar-refractivity contribution in [2.45, 2.75) is 18.9 Å². The molecule has 0 aromatic heterocycles. The number of carbonyl (C=O) groups is 2. The Labute approximate surface area is 166 Å². The van der Waals surface area contributed by atoms with Gasteiger partial charge in [-0.1, -0.05) is 34.8 Å². The summed E-state index contributed by atoms with van der Waals surface area (Å²) >= 11 is 17.8.